The fourth-order valence-electron chi connectivity index (χ4n) is 2.88. The third kappa shape index (κ3) is 7.48. The zero-order valence-corrected chi connectivity index (χ0v) is 18.6. The van der Waals surface area contributed by atoms with Crippen LogP contribution in [0.15, 0.2) is 17.1 Å². The van der Waals surface area contributed by atoms with Gasteiger partial charge in [-0.05, 0) is 52.7 Å². The summed E-state index contributed by atoms with van der Waals surface area (Å²) in [6.45, 7) is 9.78. The lowest BCUT2D eigenvalue weighted by Gasteiger charge is -2.35. The molecule has 9 heteroatoms. The molecule has 0 bridgehead atoms. The number of aliphatic hydroxyl groups excluding tert-OH is 1. The number of thiophene rings is 1. The Balaban J connectivity index is 1.93. The molecule has 1 fully saturated rings. The Morgan fingerprint density at radius 2 is 2.25 bits per heavy atom. The molecular weight excluding hydrogens is 400 g/mol. The van der Waals surface area contributed by atoms with Gasteiger partial charge in [0.1, 0.15) is 11.7 Å². The van der Waals surface area contributed by atoms with E-state index in [0.29, 0.717) is 29.9 Å². The number of likely N-dealkylation sites (tertiary alicyclic amines) is 1. The largest absolute Gasteiger partial charge is 0.444 e. The summed E-state index contributed by atoms with van der Waals surface area (Å²) in [5, 5.41) is 16.9. The fraction of sp³-hybridized carbons (Fsp3) is 0.684. The predicted octanol–water partition coefficient (Wildman–Crippen LogP) is 3.39. The molecule has 1 aliphatic heterocycles. The first-order valence-electron chi connectivity index (χ1n) is 9.64. The number of hydrogen-bond acceptors (Lipinski definition) is 5. The predicted molar refractivity (Wildman–Crippen MR) is 114 cm³/mol. The number of amides is 1. The smallest absolute Gasteiger partial charge is 0.410 e. The van der Waals surface area contributed by atoms with Crippen LogP contribution >= 0.6 is 22.9 Å². The van der Waals surface area contributed by atoms with Crippen molar-refractivity contribution in [3.63, 3.8) is 0 Å². The summed E-state index contributed by atoms with van der Waals surface area (Å²) in [6.07, 6.45) is 0.850. The van der Waals surface area contributed by atoms with Crippen LogP contribution < -0.4 is 10.6 Å². The van der Waals surface area contributed by atoms with Crippen LogP contribution in [0.25, 0.3) is 0 Å². The van der Waals surface area contributed by atoms with Gasteiger partial charge in [-0.3, -0.25) is 4.99 Å². The van der Waals surface area contributed by atoms with Crippen molar-refractivity contribution in [1.29, 1.82) is 0 Å². The molecule has 0 radical (unpaired) electrons. The highest BCUT2D eigenvalue weighted by molar-refractivity contribution is 7.16. The number of rotatable bonds is 5. The van der Waals surface area contributed by atoms with Crippen LogP contribution in [0.5, 0.6) is 0 Å². The summed E-state index contributed by atoms with van der Waals surface area (Å²) in [5.41, 5.74) is -0.505. The molecule has 1 aromatic heterocycles. The molecule has 2 atom stereocenters. The van der Waals surface area contributed by atoms with Crippen LogP contribution in [0.4, 0.5) is 4.79 Å². The number of aliphatic imine (C=N–C) groups is 1. The molecule has 1 aliphatic rings. The number of ether oxygens (including phenoxy) is 1. The van der Waals surface area contributed by atoms with Crippen molar-refractivity contribution in [3.05, 3.63) is 21.3 Å². The van der Waals surface area contributed by atoms with E-state index in [1.165, 1.54) is 11.3 Å². The maximum absolute atomic E-state index is 12.3. The zero-order chi connectivity index (χ0) is 20.7. The monoisotopic (exact) mass is 430 g/mol. The Kier molecular flexibility index (Phi) is 8.39. The highest BCUT2D eigenvalue weighted by Gasteiger charge is 2.28. The zero-order valence-electron chi connectivity index (χ0n) is 17.0. The van der Waals surface area contributed by atoms with E-state index < -0.39 is 11.7 Å². The minimum Gasteiger partial charge on any atom is -0.444 e. The molecule has 1 saturated heterocycles. The number of aliphatic hydroxyl groups is 1. The molecule has 2 rings (SSSR count). The molecule has 1 amide bonds. The third-order valence-corrected chi connectivity index (χ3v) is 5.44. The van der Waals surface area contributed by atoms with E-state index in [1.807, 2.05) is 33.8 Å². The fourth-order valence-corrected chi connectivity index (χ4v) is 3.91. The van der Waals surface area contributed by atoms with Gasteiger partial charge in [-0.15, -0.1) is 11.3 Å². The molecular formula is C19H31ClN4O3S. The quantitative estimate of drug-likeness (QED) is 0.492. The summed E-state index contributed by atoms with van der Waals surface area (Å²) in [4.78, 5) is 19.4. The summed E-state index contributed by atoms with van der Waals surface area (Å²) in [7, 11) is 0. The summed E-state index contributed by atoms with van der Waals surface area (Å²) < 4.78 is 6.12. The first kappa shape index (κ1) is 22.8. The minimum absolute atomic E-state index is 0.0763. The first-order valence-corrected chi connectivity index (χ1v) is 10.8. The Hall–Kier alpha value is -1.51. The molecule has 0 saturated carbocycles. The van der Waals surface area contributed by atoms with E-state index in [0.717, 1.165) is 17.7 Å². The maximum Gasteiger partial charge on any atom is 0.410 e. The second-order valence-electron chi connectivity index (χ2n) is 7.79. The van der Waals surface area contributed by atoms with E-state index in [1.54, 1.807) is 11.0 Å². The van der Waals surface area contributed by atoms with Gasteiger partial charge in [-0.1, -0.05) is 11.6 Å². The number of nitrogens with one attached hydrogen (secondary N) is 2. The van der Waals surface area contributed by atoms with Crippen molar-refractivity contribution in [2.45, 2.75) is 58.3 Å². The first-order chi connectivity index (χ1) is 13.2. The molecule has 1 aromatic rings. The van der Waals surface area contributed by atoms with Gasteiger partial charge in [0.05, 0.1) is 10.9 Å². The van der Waals surface area contributed by atoms with E-state index >= 15 is 0 Å². The molecule has 2 heterocycles. The van der Waals surface area contributed by atoms with Crippen LogP contribution in [0.3, 0.4) is 0 Å². The third-order valence-electron chi connectivity index (χ3n) is 4.10. The second kappa shape index (κ2) is 10.3. The number of hydrogen-bond donors (Lipinski definition) is 3. The van der Waals surface area contributed by atoms with Gasteiger partial charge in [0, 0.05) is 30.6 Å². The Bertz CT molecular complexity index is 674. The van der Waals surface area contributed by atoms with Gasteiger partial charge in [0.25, 0.3) is 0 Å². The molecule has 7 nitrogen and oxygen atoms in total. The van der Waals surface area contributed by atoms with E-state index in [4.69, 9.17) is 16.3 Å². The summed E-state index contributed by atoms with van der Waals surface area (Å²) in [6, 6.07) is 3.66. The van der Waals surface area contributed by atoms with Crippen LogP contribution in [0, 0.1) is 0 Å². The van der Waals surface area contributed by atoms with E-state index in [9.17, 15) is 9.90 Å². The van der Waals surface area contributed by atoms with Crippen molar-refractivity contribution in [1.82, 2.24) is 15.5 Å². The number of carbonyl (C=O) groups is 1. The minimum atomic E-state index is -0.697. The van der Waals surface area contributed by atoms with Crippen LogP contribution in [-0.2, 0) is 4.74 Å². The van der Waals surface area contributed by atoms with Crippen LogP contribution in [0.2, 0.25) is 4.34 Å². The van der Waals surface area contributed by atoms with Crippen molar-refractivity contribution in [2.24, 2.45) is 4.99 Å². The van der Waals surface area contributed by atoms with Gasteiger partial charge in [0.15, 0.2) is 5.96 Å². The second-order valence-corrected chi connectivity index (χ2v) is 9.53. The molecule has 3 N–H and O–H groups in total. The SMILES string of the molecule is CCNC(=NCC(O)c1ccc(Cl)s1)NC1CCCN(C(=O)OC(C)(C)C)C1. The molecule has 0 aromatic carbocycles. The lowest BCUT2D eigenvalue weighted by Crippen LogP contribution is -2.53. The molecule has 2 unspecified atom stereocenters. The number of nitrogens with zero attached hydrogens (tertiary/aromatic N) is 2. The van der Waals surface area contributed by atoms with Gasteiger partial charge in [-0.2, -0.15) is 0 Å². The average Bonchev–Trinajstić information content (AvgIpc) is 3.05. The van der Waals surface area contributed by atoms with Gasteiger partial charge >= 0.3 is 6.09 Å². The molecule has 158 valence electrons. The Morgan fingerprint density at radius 3 is 2.86 bits per heavy atom. The summed E-state index contributed by atoms with van der Waals surface area (Å²) in [5.74, 6) is 0.625. The van der Waals surface area contributed by atoms with Gasteiger partial charge in [0.2, 0.25) is 0 Å². The Labute approximate surface area is 176 Å². The number of carbonyl (C=O) groups excluding carboxylic acids is 1. The van der Waals surface area contributed by atoms with Crippen LogP contribution in [0.1, 0.15) is 51.5 Å². The molecule has 0 spiro atoms. The molecule has 28 heavy (non-hydrogen) atoms. The number of piperidine rings is 1. The van der Waals surface area contributed by atoms with Crippen molar-refractivity contribution in [3.8, 4) is 0 Å². The van der Waals surface area contributed by atoms with Crippen molar-refractivity contribution < 1.29 is 14.6 Å². The van der Waals surface area contributed by atoms with Crippen molar-refractivity contribution >= 4 is 35.0 Å². The highest BCUT2D eigenvalue weighted by Crippen LogP contribution is 2.27. The van der Waals surface area contributed by atoms with E-state index in [2.05, 4.69) is 15.6 Å². The lowest BCUT2D eigenvalue weighted by atomic mass is 10.1. The maximum atomic E-state index is 12.3. The summed E-state index contributed by atoms with van der Waals surface area (Å²) >= 11 is 7.28. The van der Waals surface area contributed by atoms with Gasteiger partial charge < -0.3 is 25.4 Å². The standard InChI is InChI=1S/C19H31ClN4O3S/c1-5-21-17(22-11-14(25)15-8-9-16(20)28-15)23-13-7-6-10-24(12-13)18(26)27-19(2,3)4/h8-9,13-14,25H,5-7,10-12H2,1-4H3,(H2,21,22,23). The highest BCUT2D eigenvalue weighted by atomic mass is 35.5. The lowest BCUT2D eigenvalue weighted by molar-refractivity contribution is 0.0193. The van der Waals surface area contributed by atoms with E-state index in [-0.39, 0.29) is 18.7 Å². The van der Waals surface area contributed by atoms with Crippen LogP contribution in [-0.4, -0.2) is 59.9 Å². The topological polar surface area (TPSA) is 86.2 Å². The molecule has 0 aliphatic carbocycles. The normalized spacial score (nSPS) is 19.3. The van der Waals surface area contributed by atoms with Gasteiger partial charge in [-0.25, -0.2) is 4.79 Å². The average molecular weight is 431 g/mol. The van der Waals surface area contributed by atoms with Crippen molar-refractivity contribution in [2.75, 3.05) is 26.2 Å². The number of halogens is 1. The number of guanidine groups is 1. The Morgan fingerprint density at radius 1 is 1.50 bits per heavy atom.